The van der Waals surface area contributed by atoms with Gasteiger partial charge in [-0.3, -0.25) is 9.69 Å². The number of hydrogen-bond acceptors (Lipinski definition) is 4. The average Bonchev–Trinajstić information content (AvgIpc) is 2.68. The zero-order chi connectivity index (χ0) is 22.0. The highest BCUT2D eigenvalue weighted by molar-refractivity contribution is 5.80. The number of hydrogen-bond donors (Lipinski definition) is 0. The van der Waals surface area contributed by atoms with Crippen LogP contribution in [0.5, 0.6) is 0 Å². The van der Waals surface area contributed by atoms with Gasteiger partial charge >= 0.3 is 5.97 Å². The molecule has 174 valence electrons. The molecule has 0 fully saturated rings. The molecule has 0 saturated carbocycles. The molecule has 0 aromatic carbocycles. The fourth-order valence-electron chi connectivity index (χ4n) is 3.57. The molecule has 0 aliphatic carbocycles. The third kappa shape index (κ3) is 14.9. The van der Waals surface area contributed by atoms with Gasteiger partial charge in [0.25, 0.3) is 0 Å². The zero-order valence-corrected chi connectivity index (χ0v) is 20.7. The first-order valence-electron chi connectivity index (χ1n) is 12.3. The smallest absolute Gasteiger partial charge is 0.326 e. The molecule has 1 atom stereocenters. The van der Waals surface area contributed by atoms with Crippen molar-refractivity contribution >= 4 is 5.97 Å². The van der Waals surface area contributed by atoms with E-state index in [9.17, 15) is 4.79 Å². The summed E-state index contributed by atoms with van der Waals surface area (Å²) in [5.41, 5.74) is -0.541. The van der Waals surface area contributed by atoms with Crippen molar-refractivity contribution in [2.45, 2.75) is 116 Å². The van der Waals surface area contributed by atoms with Crippen LogP contribution in [0.1, 0.15) is 110 Å². The van der Waals surface area contributed by atoms with E-state index in [1.807, 2.05) is 40.0 Å². The van der Waals surface area contributed by atoms with E-state index >= 15 is 0 Å². The summed E-state index contributed by atoms with van der Waals surface area (Å²) in [6, 6.07) is 0. The Morgan fingerprint density at radius 3 is 1.52 bits per heavy atom. The van der Waals surface area contributed by atoms with Crippen LogP contribution < -0.4 is 0 Å². The second-order valence-corrected chi connectivity index (χ2v) is 9.45. The van der Waals surface area contributed by atoms with E-state index in [1.165, 1.54) is 83.5 Å². The van der Waals surface area contributed by atoms with Gasteiger partial charge in [-0.25, -0.2) is 0 Å². The van der Waals surface area contributed by atoms with Crippen LogP contribution in [0.4, 0.5) is 0 Å². The van der Waals surface area contributed by atoms with Gasteiger partial charge in [0.05, 0.1) is 6.61 Å². The van der Waals surface area contributed by atoms with Crippen LogP contribution in [-0.4, -0.2) is 62.7 Å². The minimum atomic E-state index is -0.541. The Morgan fingerprint density at radius 2 is 1.14 bits per heavy atom. The lowest BCUT2D eigenvalue weighted by Gasteiger charge is -2.34. The molecule has 0 aliphatic heterocycles. The van der Waals surface area contributed by atoms with Crippen LogP contribution in [-0.2, 0) is 9.53 Å². The average molecular weight is 413 g/mol. The number of unbranched alkanes of at least 4 members (excludes halogenated alkanes) is 13. The molecule has 0 N–H and O–H groups in total. The molecule has 0 heterocycles. The number of rotatable bonds is 20. The molecule has 1 unspecified atom stereocenters. The standard InChI is InChI=1S/C25H52N2O2/c1-7-8-9-10-11-12-13-14-15-16-17-18-19-20-23-29-24(28)25(2,27(5)6)21-22-26(3)4/h7-23H2,1-6H3. The molecule has 29 heavy (non-hydrogen) atoms. The van der Waals surface area contributed by atoms with Gasteiger partial charge in [0, 0.05) is 0 Å². The summed E-state index contributed by atoms with van der Waals surface area (Å²) in [7, 11) is 8.00. The quantitative estimate of drug-likeness (QED) is 0.174. The maximum Gasteiger partial charge on any atom is 0.326 e. The highest BCUT2D eigenvalue weighted by Gasteiger charge is 2.36. The third-order valence-corrected chi connectivity index (χ3v) is 6.20. The predicted octanol–water partition coefficient (Wildman–Crippen LogP) is 6.28. The molecule has 0 saturated heterocycles. The van der Waals surface area contributed by atoms with Crippen molar-refractivity contribution in [2.24, 2.45) is 0 Å². The highest BCUT2D eigenvalue weighted by Crippen LogP contribution is 2.19. The number of esters is 1. The Bertz CT molecular complexity index is 385. The maximum atomic E-state index is 12.6. The Kier molecular flexibility index (Phi) is 17.8. The molecule has 0 amide bonds. The predicted molar refractivity (Wildman–Crippen MR) is 127 cm³/mol. The molecular formula is C25H52N2O2. The van der Waals surface area contributed by atoms with Crippen molar-refractivity contribution in [3.05, 3.63) is 0 Å². The maximum absolute atomic E-state index is 12.6. The van der Waals surface area contributed by atoms with Crippen LogP contribution in [0, 0.1) is 0 Å². The van der Waals surface area contributed by atoms with Gasteiger partial charge in [0.15, 0.2) is 0 Å². The van der Waals surface area contributed by atoms with Crippen molar-refractivity contribution in [1.29, 1.82) is 0 Å². The molecular weight excluding hydrogens is 360 g/mol. The first kappa shape index (κ1) is 28.4. The molecule has 4 nitrogen and oxygen atoms in total. The molecule has 0 rings (SSSR count). The van der Waals surface area contributed by atoms with Gasteiger partial charge in [0.1, 0.15) is 5.54 Å². The summed E-state index contributed by atoms with van der Waals surface area (Å²) in [6.07, 6.45) is 19.6. The minimum Gasteiger partial charge on any atom is -0.464 e. The van der Waals surface area contributed by atoms with Crippen LogP contribution in [0.3, 0.4) is 0 Å². The summed E-state index contributed by atoms with van der Waals surface area (Å²) in [5.74, 6) is -0.0842. The van der Waals surface area contributed by atoms with Gasteiger partial charge in [-0.05, 0) is 54.5 Å². The number of nitrogens with zero attached hydrogens (tertiary/aromatic N) is 2. The fourth-order valence-corrected chi connectivity index (χ4v) is 3.57. The zero-order valence-electron chi connectivity index (χ0n) is 20.7. The second-order valence-electron chi connectivity index (χ2n) is 9.45. The lowest BCUT2D eigenvalue weighted by Crippen LogP contribution is -2.51. The summed E-state index contributed by atoms with van der Waals surface area (Å²) in [6.45, 7) is 5.70. The summed E-state index contributed by atoms with van der Waals surface area (Å²) in [4.78, 5) is 16.7. The molecule has 0 spiro atoms. The van der Waals surface area contributed by atoms with E-state index in [-0.39, 0.29) is 5.97 Å². The molecule has 0 bridgehead atoms. The number of carbonyl (C=O) groups is 1. The van der Waals surface area contributed by atoms with Crippen molar-refractivity contribution in [2.75, 3.05) is 41.3 Å². The Hall–Kier alpha value is -0.610. The highest BCUT2D eigenvalue weighted by atomic mass is 16.5. The van der Waals surface area contributed by atoms with Gasteiger partial charge in [-0.15, -0.1) is 0 Å². The first-order chi connectivity index (χ1) is 13.8. The number of ether oxygens (including phenoxy) is 1. The minimum absolute atomic E-state index is 0.0842. The summed E-state index contributed by atoms with van der Waals surface area (Å²) in [5, 5.41) is 0. The Balaban J connectivity index is 3.60. The molecule has 0 aromatic heterocycles. The lowest BCUT2D eigenvalue weighted by atomic mass is 9.96. The van der Waals surface area contributed by atoms with Gasteiger partial charge in [-0.1, -0.05) is 90.4 Å². The summed E-state index contributed by atoms with van der Waals surface area (Å²) >= 11 is 0. The molecule has 0 aromatic rings. The van der Waals surface area contributed by atoms with E-state index in [0.717, 1.165) is 19.4 Å². The first-order valence-corrected chi connectivity index (χ1v) is 12.3. The monoisotopic (exact) mass is 412 g/mol. The molecule has 0 radical (unpaired) electrons. The normalized spacial score (nSPS) is 13.8. The number of likely N-dealkylation sites (N-methyl/N-ethyl adjacent to an activating group) is 1. The van der Waals surface area contributed by atoms with E-state index in [2.05, 4.69) is 11.8 Å². The van der Waals surface area contributed by atoms with Crippen LogP contribution in [0.15, 0.2) is 0 Å². The van der Waals surface area contributed by atoms with Crippen molar-refractivity contribution < 1.29 is 9.53 Å². The topological polar surface area (TPSA) is 32.8 Å². The van der Waals surface area contributed by atoms with E-state index < -0.39 is 5.54 Å². The van der Waals surface area contributed by atoms with E-state index in [1.54, 1.807) is 0 Å². The largest absolute Gasteiger partial charge is 0.464 e. The SMILES string of the molecule is CCCCCCCCCCCCCCCCOC(=O)C(C)(CCN(C)C)N(C)C. The third-order valence-electron chi connectivity index (χ3n) is 6.20. The second kappa shape index (κ2) is 18.2. The van der Waals surface area contributed by atoms with Crippen LogP contribution in [0.2, 0.25) is 0 Å². The number of carbonyl (C=O) groups excluding carboxylic acids is 1. The molecule has 4 heteroatoms. The molecule has 0 aliphatic rings. The Morgan fingerprint density at radius 1 is 0.724 bits per heavy atom. The van der Waals surface area contributed by atoms with Crippen molar-refractivity contribution in [3.63, 3.8) is 0 Å². The van der Waals surface area contributed by atoms with Crippen molar-refractivity contribution in [1.82, 2.24) is 9.80 Å². The summed E-state index contributed by atoms with van der Waals surface area (Å²) < 4.78 is 5.61. The van der Waals surface area contributed by atoms with Gasteiger partial charge < -0.3 is 9.64 Å². The van der Waals surface area contributed by atoms with Gasteiger partial charge in [-0.2, -0.15) is 0 Å². The fraction of sp³-hybridized carbons (Fsp3) is 0.960. The van der Waals surface area contributed by atoms with Crippen LogP contribution in [0.25, 0.3) is 0 Å². The van der Waals surface area contributed by atoms with Crippen molar-refractivity contribution in [3.8, 4) is 0 Å². The van der Waals surface area contributed by atoms with E-state index in [4.69, 9.17) is 4.74 Å². The lowest BCUT2D eigenvalue weighted by molar-refractivity contribution is -0.156. The van der Waals surface area contributed by atoms with E-state index in [0.29, 0.717) is 6.61 Å². The van der Waals surface area contributed by atoms with Crippen LogP contribution >= 0.6 is 0 Å². The Labute approximate surface area is 182 Å². The van der Waals surface area contributed by atoms with Gasteiger partial charge in [0.2, 0.25) is 0 Å².